The molecule has 5 nitrogen and oxygen atoms in total. The Kier molecular flexibility index (Phi) is 3.72. The first-order valence-corrected chi connectivity index (χ1v) is 6.14. The van der Waals surface area contributed by atoms with Gasteiger partial charge in [0.05, 0.1) is 5.92 Å². The van der Waals surface area contributed by atoms with Crippen LogP contribution < -0.4 is 5.73 Å². The van der Waals surface area contributed by atoms with Gasteiger partial charge in [-0.15, -0.1) is 0 Å². The summed E-state index contributed by atoms with van der Waals surface area (Å²) in [5, 5.41) is 3.99. The van der Waals surface area contributed by atoms with Crippen molar-refractivity contribution >= 4 is 0 Å². The third-order valence-electron chi connectivity index (χ3n) is 3.05. The van der Waals surface area contributed by atoms with Crippen LogP contribution in [0.15, 0.2) is 22.9 Å². The van der Waals surface area contributed by atoms with Crippen LogP contribution in [0.5, 0.6) is 0 Å². The molecule has 2 aromatic heterocycles. The lowest BCUT2D eigenvalue weighted by atomic mass is 9.99. The second-order valence-electron chi connectivity index (χ2n) is 4.50. The topological polar surface area (TPSA) is 77.8 Å². The number of hydrogen-bond donors (Lipinski definition) is 1. The highest BCUT2D eigenvalue weighted by Gasteiger charge is 2.22. The van der Waals surface area contributed by atoms with Crippen LogP contribution in [0.2, 0.25) is 0 Å². The maximum Gasteiger partial charge on any atom is 0.231 e. The van der Waals surface area contributed by atoms with Gasteiger partial charge in [-0.1, -0.05) is 18.1 Å². The number of rotatable bonds is 4. The maximum atomic E-state index is 5.91. The summed E-state index contributed by atoms with van der Waals surface area (Å²) in [6.07, 6.45) is 2.60. The number of aromatic nitrogens is 3. The molecule has 2 rings (SSSR count). The van der Waals surface area contributed by atoms with Crippen molar-refractivity contribution in [3.63, 3.8) is 0 Å². The van der Waals surface area contributed by atoms with Crippen LogP contribution in [0.1, 0.15) is 37.6 Å². The standard InChI is InChI=1S/C13H18N4O/c1-4-10(9(3)14)13-16-12(17-18-13)11-8(2)6-5-7-15-11/h5-7,9-10H,4,14H2,1-3H3. The number of nitrogens with zero attached hydrogens (tertiary/aromatic N) is 3. The molecule has 2 heterocycles. The molecule has 0 saturated carbocycles. The zero-order valence-corrected chi connectivity index (χ0v) is 10.9. The Morgan fingerprint density at radius 3 is 2.83 bits per heavy atom. The van der Waals surface area contributed by atoms with E-state index in [0.717, 1.165) is 17.7 Å². The van der Waals surface area contributed by atoms with Gasteiger partial charge in [0.1, 0.15) is 5.69 Å². The Morgan fingerprint density at radius 2 is 2.22 bits per heavy atom. The lowest BCUT2D eigenvalue weighted by Gasteiger charge is -2.13. The third kappa shape index (κ3) is 2.41. The molecule has 0 aliphatic carbocycles. The van der Waals surface area contributed by atoms with Gasteiger partial charge in [0.25, 0.3) is 0 Å². The van der Waals surface area contributed by atoms with Crippen LogP contribution in [0.3, 0.4) is 0 Å². The Morgan fingerprint density at radius 1 is 1.44 bits per heavy atom. The Balaban J connectivity index is 2.34. The fourth-order valence-electron chi connectivity index (χ4n) is 1.97. The van der Waals surface area contributed by atoms with E-state index in [-0.39, 0.29) is 12.0 Å². The smallest absolute Gasteiger partial charge is 0.231 e. The molecule has 5 heteroatoms. The van der Waals surface area contributed by atoms with Gasteiger partial charge in [-0.2, -0.15) is 4.98 Å². The second kappa shape index (κ2) is 5.27. The van der Waals surface area contributed by atoms with Gasteiger partial charge in [-0.25, -0.2) is 0 Å². The average Bonchev–Trinajstić information content (AvgIpc) is 2.79. The first kappa shape index (κ1) is 12.7. The number of hydrogen-bond acceptors (Lipinski definition) is 5. The summed E-state index contributed by atoms with van der Waals surface area (Å²) in [4.78, 5) is 8.69. The summed E-state index contributed by atoms with van der Waals surface area (Å²) in [5.41, 5.74) is 7.70. The maximum absolute atomic E-state index is 5.91. The normalized spacial score (nSPS) is 14.4. The molecular formula is C13H18N4O. The molecule has 0 fully saturated rings. The molecule has 0 radical (unpaired) electrons. The number of nitrogens with two attached hydrogens (primary N) is 1. The average molecular weight is 246 g/mol. The molecule has 0 aliphatic rings. The predicted molar refractivity (Wildman–Crippen MR) is 68.9 cm³/mol. The van der Waals surface area contributed by atoms with Crippen LogP contribution >= 0.6 is 0 Å². The van der Waals surface area contributed by atoms with E-state index < -0.39 is 0 Å². The van der Waals surface area contributed by atoms with Crippen LogP contribution in [-0.4, -0.2) is 21.2 Å². The van der Waals surface area contributed by atoms with Gasteiger partial charge in [-0.05, 0) is 31.9 Å². The van der Waals surface area contributed by atoms with Gasteiger partial charge in [0, 0.05) is 12.2 Å². The molecule has 18 heavy (non-hydrogen) atoms. The first-order chi connectivity index (χ1) is 8.63. The highest BCUT2D eigenvalue weighted by molar-refractivity contribution is 5.53. The first-order valence-electron chi connectivity index (χ1n) is 6.14. The second-order valence-corrected chi connectivity index (χ2v) is 4.50. The van der Waals surface area contributed by atoms with Crippen molar-refractivity contribution in [1.82, 2.24) is 15.1 Å². The number of aryl methyl sites for hydroxylation is 1. The fourth-order valence-corrected chi connectivity index (χ4v) is 1.97. The summed E-state index contributed by atoms with van der Waals surface area (Å²) in [5.74, 6) is 1.21. The van der Waals surface area contributed by atoms with E-state index in [2.05, 4.69) is 22.0 Å². The molecule has 2 N–H and O–H groups in total. The monoisotopic (exact) mass is 246 g/mol. The summed E-state index contributed by atoms with van der Waals surface area (Å²) >= 11 is 0. The molecule has 0 spiro atoms. The molecule has 0 bridgehead atoms. The van der Waals surface area contributed by atoms with Crippen molar-refractivity contribution in [1.29, 1.82) is 0 Å². The lowest BCUT2D eigenvalue weighted by molar-refractivity contribution is 0.334. The van der Waals surface area contributed by atoms with Crippen LogP contribution in [0.4, 0.5) is 0 Å². The predicted octanol–water partition coefficient (Wildman–Crippen LogP) is 2.28. The molecule has 0 aromatic carbocycles. The van der Waals surface area contributed by atoms with Crippen LogP contribution in [0, 0.1) is 6.92 Å². The summed E-state index contributed by atoms with van der Waals surface area (Å²) in [6.45, 7) is 5.98. The van der Waals surface area contributed by atoms with Crippen molar-refractivity contribution in [2.24, 2.45) is 5.73 Å². The minimum absolute atomic E-state index is 0.00636. The SMILES string of the molecule is CCC(c1nc(-c2ncccc2C)no1)C(C)N. The molecule has 0 amide bonds. The van der Waals surface area contributed by atoms with Crippen molar-refractivity contribution < 1.29 is 4.52 Å². The molecule has 96 valence electrons. The minimum atomic E-state index is -0.00636. The Bertz CT molecular complexity index is 521. The molecular weight excluding hydrogens is 228 g/mol. The molecule has 2 atom stereocenters. The third-order valence-corrected chi connectivity index (χ3v) is 3.05. The van der Waals surface area contributed by atoms with Crippen molar-refractivity contribution in [3.8, 4) is 11.5 Å². The fraction of sp³-hybridized carbons (Fsp3) is 0.462. The van der Waals surface area contributed by atoms with E-state index in [1.54, 1.807) is 6.20 Å². The highest BCUT2D eigenvalue weighted by atomic mass is 16.5. The van der Waals surface area contributed by atoms with Crippen LogP contribution in [0.25, 0.3) is 11.5 Å². The quantitative estimate of drug-likeness (QED) is 0.895. The van der Waals surface area contributed by atoms with Gasteiger partial charge in [0.2, 0.25) is 11.7 Å². The summed E-state index contributed by atoms with van der Waals surface area (Å²) in [7, 11) is 0. The Hall–Kier alpha value is -1.75. The van der Waals surface area contributed by atoms with E-state index in [9.17, 15) is 0 Å². The van der Waals surface area contributed by atoms with Gasteiger partial charge >= 0.3 is 0 Å². The van der Waals surface area contributed by atoms with Gasteiger partial charge in [0.15, 0.2) is 0 Å². The van der Waals surface area contributed by atoms with Gasteiger partial charge in [-0.3, -0.25) is 4.98 Å². The summed E-state index contributed by atoms with van der Waals surface area (Å²) < 4.78 is 5.31. The largest absolute Gasteiger partial charge is 0.339 e. The Labute approximate surface area is 106 Å². The van der Waals surface area contributed by atoms with Crippen molar-refractivity contribution in [3.05, 3.63) is 29.8 Å². The van der Waals surface area contributed by atoms with E-state index >= 15 is 0 Å². The summed E-state index contributed by atoms with van der Waals surface area (Å²) in [6, 6.07) is 3.85. The zero-order chi connectivity index (χ0) is 13.1. The van der Waals surface area contributed by atoms with Crippen molar-refractivity contribution in [2.75, 3.05) is 0 Å². The zero-order valence-electron chi connectivity index (χ0n) is 10.9. The molecule has 0 aliphatic heterocycles. The lowest BCUT2D eigenvalue weighted by Crippen LogP contribution is -2.24. The minimum Gasteiger partial charge on any atom is -0.339 e. The van der Waals surface area contributed by atoms with E-state index in [0.29, 0.717) is 11.7 Å². The molecule has 2 unspecified atom stereocenters. The van der Waals surface area contributed by atoms with Crippen molar-refractivity contribution in [2.45, 2.75) is 39.2 Å². The van der Waals surface area contributed by atoms with Gasteiger partial charge < -0.3 is 10.3 Å². The molecule has 0 saturated heterocycles. The van der Waals surface area contributed by atoms with Crippen LogP contribution in [-0.2, 0) is 0 Å². The van der Waals surface area contributed by atoms with E-state index in [4.69, 9.17) is 10.3 Å². The van der Waals surface area contributed by atoms with E-state index in [1.807, 2.05) is 26.0 Å². The molecule has 2 aromatic rings. The van der Waals surface area contributed by atoms with E-state index in [1.165, 1.54) is 0 Å². The number of pyridine rings is 1. The highest BCUT2D eigenvalue weighted by Crippen LogP contribution is 2.24.